The van der Waals surface area contributed by atoms with Gasteiger partial charge in [0, 0.05) is 18.4 Å². The molecular formula is C13H12F3NO4S. The van der Waals surface area contributed by atoms with Crippen molar-refractivity contribution in [1.29, 1.82) is 0 Å². The molecule has 0 bridgehead atoms. The molecule has 22 heavy (non-hydrogen) atoms. The Labute approximate surface area is 127 Å². The number of hydrogen-bond donors (Lipinski definition) is 2. The molecule has 0 aliphatic heterocycles. The first-order valence-electron chi connectivity index (χ1n) is 5.95. The fraction of sp³-hybridized carbons (Fsp3) is 0.308. The van der Waals surface area contributed by atoms with Gasteiger partial charge in [0.1, 0.15) is 5.92 Å². The highest BCUT2D eigenvalue weighted by Gasteiger charge is 2.44. The van der Waals surface area contributed by atoms with E-state index in [1.807, 2.05) is 5.32 Å². The fourth-order valence-corrected chi connectivity index (χ4v) is 2.22. The molecule has 0 saturated heterocycles. The summed E-state index contributed by atoms with van der Waals surface area (Å²) in [5, 5.41) is 10.3. The summed E-state index contributed by atoms with van der Waals surface area (Å²) in [5.74, 6) is -5.71. The molecule has 1 atom stereocenters. The van der Waals surface area contributed by atoms with Crippen LogP contribution in [0.1, 0.15) is 17.3 Å². The highest BCUT2D eigenvalue weighted by molar-refractivity contribution is 8.13. The molecule has 0 saturated carbocycles. The summed E-state index contributed by atoms with van der Waals surface area (Å²) in [5.41, 5.74) is -0.230. The number of halogens is 3. The van der Waals surface area contributed by atoms with Crippen molar-refractivity contribution in [2.75, 3.05) is 11.1 Å². The second kappa shape index (κ2) is 7.30. The molecular weight excluding hydrogens is 323 g/mol. The van der Waals surface area contributed by atoms with Crippen LogP contribution >= 0.6 is 11.8 Å². The van der Waals surface area contributed by atoms with Crippen LogP contribution in [0.5, 0.6) is 0 Å². The Morgan fingerprint density at radius 2 is 1.95 bits per heavy atom. The van der Waals surface area contributed by atoms with Crippen LogP contribution in [0.15, 0.2) is 24.3 Å². The number of carbonyl (C=O) groups excluding carboxylic acids is 2. The van der Waals surface area contributed by atoms with Crippen molar-refractivity contribution in [2.45, 2.75) is 13.1 Å². The SMILES string of the molecule is CC(=O)SCC(C(=O)Nc1cccc(C(=O)O)c1)C(F)(F)F. The second-order valence-electron chi connectivity index (χ2n) is 4.27. The number of benzene rings is 1. The van der Waals surface area contributed by atoms with Crippen LogP contribution in [0.25, 0.3) is 0 Å². The van der Waals surface area contributed by atoms with E-state index < -0.39 is 34.8 Å². The van der Waals surface area contributed by atoms with Gasteiger partial charge in [-0.2, -0.15) is 13.2 Å². The lowest BCUT2D eigenvalue weighted by molar-refractivity contribution is -0.174. The van der Waals surface area contributed by atoms with Gasteiger partial charge in [-0.25, -0.2) is 4.79 Å². The molecule has 0 spiro atoms. The van der Waals surface area contributed by atoms with Crippen molar-refractivity contribution in [3.05, 3.63) is 29.8 Å². The summed E-state index contributed by atoms with van der Waals surface area (Å²) in [6.07, 6.45) is -4.81. The Morgan fingerprint density at radius 3 is 2.45 bits per heavy atom. The smallest absolute Gasteiger partial charge is 0.401 e. The lowest BCUT2D eigenvalue weighted by atomic mass is 10.1. The van der Waals surface area contributed by atoms with Gasteiger partial charge >= 0.3 is 12.1 Å². The minimum absolute atomic E-state index is 0.0630. The number of amides is 1. The largest absolute Gasteiger partial charge is 0.478 e. The minimum atomic E-state index is -4.81. The Morgan fingerprint density at radius 1 is 1.32 bits per heavy atom. The number of hydrogen-bond acceptors (Lipinski definition) is 4. The molecule has 1 unspecified atom stereocenters. The van der Waals surface area contributed by atoms with Crippen LogP contribution in [0.2, 0.25) is 0 Å². The quantitative estimate of drug-likeness (QED) is 0.864. The van der Waals surface area contributed by atoms with Crippen molar-refractivity contribution in [3.63, 3.8) is 0 Å². The third-order valence-electron chi connectivity index (χ3n) is 2.54. The number of carboxylic acids is 1. The Hall–Kier alpha value is -2.03. The second-order valence-corrected chi connectivity index (χ2v) is 5.47. The first-order chi connectivity index (χ1) is 10.1. The summed E-state index contributed by atoms with van der Waals surface area (Å²) in [7, 11) is 0. The van der Waals surface area contributed by atoms with Gasteiger partial charge in [-0.3, -0.25) is 9.59 Å². The molecule has 0 radical (unpaired) electrons. The van der Waals surface area contributed by atoms with Gasteiger partial charge in [0.15, 0.2) is 5.12 Å². The molecule has 9 heteroatoms. The summed E-state index contributed by atoms with van der Waals surface area (Å²) >= 11 is 0.399. The number of carbonyl (C=O) groups is 3. The van der Waals surface area contributed by atoms with Gasteiger partial charge in [-0.15, -0.1) is 0 Å². The number of carboxylic acid groups (broad SMARTS) is 1. The average molecular weight is 335 g/mol. The third-order valence-corrected chi connectivity index (χ3v) is 3.45. The van der Waals surface area contributed by atoms with Crippen molar-refractivity contribution >= 4 is 34.4 Å². The first kappa shape index (κ1) is 18.0. The monoisotopic (exact) mass is 335 g/mol. The molecule has 0 heterocycles. The predicted molar refractivity (Wildman–Crippen MR) is 74.7 cm³/mol. The van der Waals surface area contributed by atoms with Gasteiger partial charge in [0.2, 0.25) is 5.91 Å². The van der Waals surface area contributed by atoms with Crippen LogP contribution in [-0.2, 0) is 9.59 Å². The van der Waals surface area contributed by atoms with E-state index in [-0.39, 0.29) is 11.3 Å². The molecule has 0 fully saturated rings. The Kier molecular flexibility index (Phi) is 5.98. The van der Waals surface area contributed by atoms with Crippen molar-refractivity contribution in [2.24, 2.45) is 5.92 Å². The number of thioether (sulfide) groups is 1. The van der Waals surface area contributed by atoms with E-state index in [2.05, 4.69) is 0 Å². The number of anilines is 1. The van der Waals surface area contributed by atoms with E-state index in [1.165, 1.54) is 18.2 Å². The summed E-state index contributed by atoms with van der Waals surface area (Å²) in [6.45, 7) is 1.10. The number of rotatable bonds is 5. The zero-order valence-corrected chi connectivity index (χ0v) is 12.1. The molecule has 1 rings (SSSR count). The van der Waals surface area contributed by atoms with Gasteiger partial charge < -0.3 is 10.4 Å². The first-order valence-corrected chi connectivity index (χ1v) is 6.94. The lowest BCUT2D eigenvalue weighted by Crippen LogP contribution is -2.37. The maximum atomic E-state index is 12.9. The highest BCUT2D eigenvalue weighted by Crippen LogP contribution is 2.30. The molecule has 1 aromatic carbocycles. The zero-order valence-electron chi connectivity index (χ0n) is 11.3. The standard InChI is InChI=1S/C13H12F3NO4S/c1-7(18)22-6-10(13(14,15)16)11(19)17-9-4-2-3-8(5-9)12(20)21/h2-5,10H,6H2,1H3,(H,17,19)(H,20,21). The Bertz CT molecular complexity index is 589. The van der Waals surface area contributed by atoms with Crippen LogP contribution in [0.4, 0.5) is 18.9 Å². The number of alkyl halides is 3. The van der Waals surface area contributed by atoms with E-state index >= 15 is 0 Å². The topological polar surface area (TPSA) is 83.5 Å². The van der Waals surface area contributed by atoms with Crippen LogP contribution in [0.3, 0.4) is 0 Å². The van der Waals surface area contributed by atoms with Crippen molar-refractivity contribution in [3.8, 4) is 0 Å². The van der Waals surface area contributed by atoms with Gasteiger partial charge in [0.05, 0.1) is 5.56 Å². The molecule has 120 valence electrons. The molecule has 0 aromatic heterocycles. The molecule has 0 aliphatic carbocycles. The van der Waals surface area contributed by atoms with E-state index in [0.717, 1.165) is 13.0 Å². The maximum absolute atomic E-state index is 12.9. The van der Waals surface area contributed by atoms with E-state index in [9.17, 15) is 27.6 Å². The van der Waals surface area contributed by atoms with Crippen molar-refractivity contribution in [1.82, 2.24) is 0 Å². The van der Waals surface area contributed by atoms with Crippen LogP contribution < -0.4 is 5.32 Å². The van der Waals surface area contributed by atoms with Gasteiger partial charge in [-0.1, -0.05) is 17.8 Å². The zero-order chi connectivity index (χ0) is 16.9. The molecule has 1 aromatic rings. The van der Waals surface area contributed by atoms with Crippen molar-refractivity contribution < 1.29 is 32.7 Å². The molecule has 2 N–H and O–H groups in total. The lowest BCUT2D eigenvalue weighted by Gasteiger charge is -2.19. The summed E-state index contributed by atoms with van der Waals surface area (Å²) in [4.78, 5) is 33.3. The van der Waals surface area contributed by atoms with Gasteiger partial charge in [-0.05, 0) is 18.2 Å². The van der Waals surface area contributed by atoms with E-state index in [4.69, 9.17) is 5.11 Å². The molecule has 1 amide bonds. The van der Waals surface area contributed by atoms with Crippen LogP contribution in [-0.4, -0.2) is 34.0 Å². The summed E-state index contributed by atoms with van der Waals surface area (Å²) in [6, 6.07) is 4.86. The maximum Gasteiger partial charge on any atom is 0.401 e. The van der Waals surface area contributed by atoms with Gasteiger partial charge in [0.25, 0.3) is 0 Å². The highest BCUT2D eigenvalue weighted by atomic mass is 32.2. The predicted octanol–water partition coefficient (Wildman–Crippen LogP) is 2.78. The fourth-order valence-electron chi connectivity index (χ4n) is 1.48. The average Bonchev–Trinajstić information content (AvgIpc) is 2.37. The van der Waals surface area contributed by atoms with E-state index in [1.54, 1.807) is 0 Å². The summed E-state index contributed by atoms with van der Waals surface area (Å²) < 4.78 is 38.6. The van der Waals surface area contributed by atoms with E-state index in [0.29, 0.717) is 11.8 Å². The third kappa shape index (κ3) is 5.40. The normalized spacial score (nSPS) is 12.5. The van der Waals surface area contributed by atoms with Crippen LogP contribution in [0, 0.1) is 5.92 Å². The molecule has 5 nitrogen and oxygen atoms in total. The number of aromatic carboxylic acids is 1. The minimum Gasteiger partial charge on any atom is -0.478 e. The Balaban J connectivity index is 2.89. The molecule has 0 aliphatic rings. The number of nitrogens with one attached hydrogen (secondary N) is 1.